The van der Waals surface area contributed by atoms with Gasteiger partial charge in [-0.2, -0.15) is 0 Å². The number of nitrogens with zero attached hydrogens (tertiary/aromatic N) is 1. The summed E-state index contributed by atoms with van der Waals surface area (Å²) in [6.45, 7) is 0. The number of fused-ring (bicyclic) bond motifs is 1. The molecular weight excluding hydrogens is 134 g/mol. The number of hydrogen-bond donors (Lipinski definition) is 0. The molecule has 0 bridgehead atoms. The van der Waals surface area contributed by atoms with Crippen LogP contribution in [-0.4, -0.2) is 12.3 Å². The van der Waals surface area contributed by atoms with Crippen molar-refractivity contribution in [3.8, 4) is 0 Å². The van der Waals surface area contributed by atoms with Crippen LogP contribution in [0.2, 0.25) is 0 Å². The van der Waals surface area contributed by atoms with Crippen molar-refractivity contribution in [1.29, 1.82) is 0 Å². The second-order valence-electron chi connectivity index (χ2n) is 2.82. The van der Waals surface area contributed by atoms with Gasteiger partial charge in [0, 0.05) is 12.6 Å². The monoisotopic (exact) mass is 145 g/mol. The fourth-order valence-electron chi connectivity index (χ4n) is 1.40. The zero-order valence-electron chi connectivity index (χ0n) is 6.40. The van der Waals surface area contributed by atoms with Crippen LogP contribution in [0.4, 0.5) is 0 Å². The number of allylic oxidation sites excluding steroid dienone is 3. The molecule has 0 amide bonds. The van der Waals surface area contributed by atoms with E-state index in [1.807, 2.05) is 6.21 Å². The van der Waals surface area contributed by atoms with Crippen molar-refractivity contribution in [1.82, 2.24) is 0 Å². The maximum Gasteiger partial charge on any atom is 0.0779 e. The van der Waals surface area contributed by atoms with Crippen LogP contribution in [0.5, 0.6) is 0 Å². The summed E-state index contributed by atoms with van der Waals surface area (Å²) < 4.78 is 0. The summed E-state index contributed by atoms with van der Waals surface area (Å²) in [5.74, 6) is 0. The Labute approximate surface area is 66.8 Å². The molecule has 2 aliphatic rings. The van der Waals surface area contributed by atoms with Crippen molar-refractivity contribution in [2.24, 2.45) is 4.99 Å². The Morgan fingerprint density at radius 1 is 1.36 bits per heavy atom. The Bertz CT molecular complexity index is 256. The standard InChI is InChI=1S/C10H11N/c1-2-7-10-9(5-1)6-3-4-8-11-10/h1-3,5-6,8,10H,4,7H2. The van der Waals surface area contributed by atoms with E-state index in [1.165, 1.54) is 5.57 Å². The second kappa shape index (κ2) is 2.87. The van der Waals surface area contributed by atoms with Crippen LogP contribution in [-0.2, 0) is 0 Å². The first-order valence-electron chi connectivity index (χ1n) is 4.02. The molecule has 0 saturated heterocycles. The quantitative estimate of drug-likeness (QED) is 0.496. The normalized spacial score (nSPS) is 27.6. The number of rotatable bonds is 0. The highest BCUT2D eigenvalue weighted by atomic mass is 14.8. The molecule has 0 aromatic rings. The molecule has 0 aromatic carbocycles. The maximum atomic E-state index is 4.44. The molecule has 0 radical (unpaired) electrons. The minimum atomic E-state index is 0.402. The van der Waals surface area contributed by atoms with Gasteiger partial charge in [-0.15, -0.1) is 0 Å². The third-order valence-electron chi connectivity index (χ3n) is 2.01. The SMILES string of the molecule is C1=CCC2N=CCC=CC2=C1. The highest BCUT2D eigenvalue weighted by molar-refractivity contribution is 5.62. The smallest absolute Gasteiger partial charge is 0.0779 e. The summed E-state index contributed by atoms with van der Waals surface area (Å²) in [6, 6.07) is 0.402. The molecule has 0 fully saturated rings. The first kappa shape index (κ1) is 6.59. The number of hydrogen-bond acceptors (Lipinski definition) is 1. The van der Waals surface area contributed by atoms with Gasteiger partial charge in [-0.1, -0.05) is 30.4 Å². The zero-order valence-corrected chi connectivity index (χ0v) is 6.40. The minimum Gasteiger partial charge on any atom is -0.289 e. The Morgan fingerprint density at radius 2 is 2.36 bits per heavy atom. The molecule has 0 N–H and O–H groups in total. The van der Waals surface area contributed by atoms with Crippen LogP contribution in [0.25, 0.3) is 0 Å². The van der Waals surface area contributed by atoms with Gasteiger partial charge in [-0.25, -0.2) is 0 Å². The summed E-state index contributed by atoms with van der Waals surface area (Å²) in [5.41, 5.74) is 1.35. The first-order valence-corrected chi connectivity index (χ1v) is 4.02. The molecule has 1 nitrogen and oxygen atoms in total. The Kier molecular flexibility index (Phi) is 1.72. The van der Waals surface area contributed by atoms with Crippen molar-refractivity contribution in [3.05, 3.63) is 36.0 Å². The molecule has 1 unspecified atom stereocenters. The third-order valence-corrected chi connectivity index (χ3v) is 2.01. The van der Waals surface area contributed by atoms with E-state index < -0.39 is 0 Å². The largest absolute Gasteiger partial charge is 0.289 e. The van der Waals surface area contributed by atoms with E-state index in [2.05, 4.69) is 35.4 Å². The van der Waals surface area contributed by atoms with Gasteiger partial charge in [0.05, 0.1) is 6.04 Å². The van der Waals surface area contributed by atoms with Crippen molar-refractivity contribution in [2.45, 2.75) is 18.9 Å². The van der Waals surface area contributed by atoms with Crippen molar-refractivity contribution in [2.75, 3.05) is 0 Å². The van der Waals surface area contributed by atoms with E-state index in [0.29, 0.717) is 6.04 Å². The van der Waals surface area contributed by atoms with Gasteiger partial charge in [-0.05, 0) is 12.0 Å². The summed E-state index contributed by atoms with van der Waals surface area (Å²) in [6.07, 6.45) is 14.8. The molecule has 1 aliphatic heterocycles. The predicted octanol–water partition coefficient (Wildman–Crippen LogP) is 2.27. The zero-order chi connectivity index (χ0) is 7.52. The van der Waals surface area contributed by atoms with Gasteiger partial charge in [0.25, 0.3) is 0 Å². The summed E-state index contributed by atoms with van der Waals surface area (Å²) in [4.78, 5) is 4.44. The van der Waals surface area contributed by atoms with Crippen LogP contribution >= 0.6 is 0 Å². The second-order valence-corrected chi connectivity index (χ2v) is 2.82. The van der Waals surface area contributed by atoms with Crippen LogP contribution in [0, 0.1) is 0 Å². The molecular formula is C10H11N. The van der Waals surface area contributed by atoms with Crippen molar-refractivity contribution < 1.29 is 0 Å². The number of aliphatic imine (C=N–C) groups is 1. The summed E-state index contributed by atoms with van der Waals surface area (Å²) in [7, 11) is 0. The third kappa shape index (κ3) is 1.32. The molecule has 1 aliphatic carbocycles. The van der Waals surface area contributed by atoms with E-state index in [0.717, 1.165) is 12.8 Å². The lowest BCUT2D eigenvalue weighted by Crippen LogP contribution is -2.06. The van der Waals surface area contributed by atoms with Crippen LogP contribution < -0.4 is 0 Å². The van der Waals surface area contributed by atoms with E-state index in [1.54, 1.807) is 0 Å². The lowest BCUT2D eigenvalue weighted by molar-refractivity contribution is 0.800. The lowest BCUT2D eigenvalue weighted by Gasteiger charge is -2.12. The van der Waals surface area contributed by atoms with Gasteiger partial charge in [0.2, 0.25) is 0 Å². The fraction of sp³-hybridized carbons (Fsp3) is 0.300. The molecule has 0 saturated carbocycles. The summed E-state index contributed by atoms with van der Waals surface area (Å²) in [5, 5.41) is 0. The molecule has 1 atom stereocenters. The van der Waals surface area contributed by atoms with E-state index in [-0.39, 0.29) is 0 Å². The highest BCUT2D eigenvalue weighted by Crippen LogP contribution is 2.19. The average Bonchev–Trinajstić information content (AvgIpc) is 2.28. The van der Waals surface area contributed by atoms with E-state index >= 15 is 0 Å². The predicted molar refractivity (Wildman–Crippen MR) is 47.9 cm³/mol. The fourth-order valence-corrected chi connectivity index (χ4v) is 1.40. The Balaban J connectivity index is 2.31. The molecule has 1 heterocycles. The molecule has 0 spiro atoms. The van der Waals surface area contributed by atoms with Crippen LogP contribution in [0.3, 0.4) is 0 Å². The van der Waals surface area contributed by atoms with Crippen molar-refractivity contribution in [3.63, 3.8) is 0 Å². The highest BCUT2D eigenvalue weighted by Gasteiger charge is 2.11. The topological polar surface area (TPSA) is 12.4 Å². The average molecular weight is 145 g/mol. The van der Waals surface area contributed by atoms with Crippen LogP contribution in [0.15, 0.2) is 40.9 Å². The van der Waals surface area contributed by atoms with Gasteiger partial charge in [0.1, 0.15) is 0 Å². The van der Waals surface area contributed by atoms with Gasteiger partial charge in [-0.3, -0.25) is 4.99 Å². The lowest BCUT2D eigenvalue weighted by atomic mass is 10.00. The first-order chi connectivity index (χ1) is 5.47. The molecule has 1 heteroatoms. The van der Waals surface area contributed by atoms with E-state index in [4.69, 9.17) is 0 Å². The van der Waals surface area contributed by atoms with Crippen LogP contribution in [0.1, 0.15) is 12.8 Å². The maximum absolute atomic E-state index is 4.44. The molecule has 0 aromatic heterocycles. The Morgan fingerprint density at radius 3 is 3.36 bits per heavy atom. The van der Waals surface area contributed by atoms with Gasteiger partial charge >= 0.3 is 0 Å². The Hall–Kier alpha value is -1.11. The van der Waals surface area contributed by atoms with Crippen molar-refractivity contribution >= 4 is 6.21 Å². The van der Waals surface area contributed by atoms with Gasteiger partial charge in [0.15, 0.2) is 0 Å². The van der Waals surface area contributed by atoms with Gasteiger partial charge < -0.3 is 0 Å². The molecule has 11 heavy (non-hydrogen) atoms. The minimum absolute atomic E-state index is 0.402. The summed E-state index contributed by atoms with van der Waals surface area (Å²) >= 11 is 0. The molecule has 2 rings (SSSR count). The molecule has 56 valence electrons. The van der Waals surface area contributed by atoms with E-state index in [9.17, 15) is 0 Å².